The van der Waals surface area contributed by atoms with Crippen molar-refractivity contribution in [1.82, 2.24) is 9.91 Å². The first-order valence-corrected chi connectivity index (χ1v) is 12.0. The van der Waals surface area contributed by atoms with Crippen LogP contribution < -0.4 is 11.6 Å². The Morgan fingerprint density at radius 2 is 2.13 bits per heavy atom. The van der Waals surface area contributed by atoms with Crippen molar-refractivity contribution in [3.63, 3.8) is 0 Å². The molecule has 1 spiro atoms. The topological polar surface area (TPSA) is 67.8 Å². The van der Waals surface area contributed by atoms with Gasteiger partial charge in [-0.1, -0.05) is 32.4 Å². The first-order chi connectivity index (χ1) is 14.0. The standard InChI is InChI=1S/C22H36ClFN4OS/c1-15(24)18-14-29-22(20-17(18)11-19(23)30-20)6-8-27(9-7-22)12-16(25)13-28(26)10-5-21(2,3)4/h11,13,15,18H,5-10,12,14,25-26H2,1-4H3/b16-13-. The molecule has 0 radical (unpaired) electrons. The van der Waals surface area contributed by atoms with Gasteiger partial charge in [-0.15, -0.1) is 11.3 Å². The van der Waals surface area contributed by atoms with Gasteiger partial charge in [-0.25, -0.2) is 10.2 Å². The minimum atomic E-state index is -0.950. The molecule has 1 aromatic heterocycles. The zero-order chi connectivity index (χ0) is 22.1. The molecule has 5 nitrogen and oxygen atoms in total. The fourth-order valence-electron chi connectivity index (χ4n) is 4.27. The Morgan fingerprint density at radius 1 is 1.47 bits per heavy atom. The Hall–Kier alpha value is -0.860. The van der Waals surface area contributed by atoms with Crippen LogP contribution in [-0.4, -0.2) is 48.9 Å². The van der Waals surface area contributed by atoms with Crippen LogP contribution in [0.2, 0.25) is 4.34 Å². The van der Waals surface area contributed by atoms with E-state index in [9.17, 15) is 4.39 Å². The molecule has 2 aliphatic rings. The molecular formula is C22H36ClFN4OS. The predicted molar refractivity (Wildman–Crippen MR) is 123 cm³/mol. The monoisotopic (exact) mass is 458 g/mol. The van der Waals surface area contributed by atoms with Gasteiger partial charge in [0.1, 0.15) is 11.8 Å². The molecule has 1 fully saturated rings. The quantitative estimate of drug-likeness (QED) is 0.482. The molecule has 0 aliphatic carbocycles. The van der Waals surface area contributed by atoms with Gasteiger partial charge in [0.25, 0.3) is 0 Å². The summed E-state index contributed by atoms with van der Waals surface area (Å²) < 4.78 is 21.1. The second-order valence-electron chi connectivity index (χ2n) is 9.95. The average Bonchev–Trinajstić information content (AvgIpc) is 3.04. The third kappa shape index (κ3) is 5.68. The van der Waals surface area contributed by atoms with Crippen LogP contribution in [0.4, 0.5) is 4.39 Å². The Balaban J connectivity index is 1.59. The number of fused-ring (bicyclic) bond motifs is 2. The zero-order valence-corrected chi connectivity index (χ0v) is 20.2. The molecule has 0 amide bonds. The van der Waals surface area contributed by atoms with Crippen LogP contribution >= 0.6 is 22.9 Å². The van der Waals surface area contributed by atoms with E-state index in [0.29, 0.717) is 17.5 Å². The molecule has 2 atom stereocenters. The maximum absolute atomic E-state index is 14.1. The lowest BCUT2D eigenvalue weighted by atomic mass is 9.81. The number of rotatable bonds is 6. The number of alkyl halides is 1. The number of halogens is 2. The van der Waals surface area contributed by atoms with Crippen LogP contribution in [0.1, 0.15) is 63.3 Å². The summed E-state index contributed by atoms with van der Waals surface area (Å²) in [6.07, 6.45) is 3.61. The summed E-state index contributed by atoms with van der Waals surface area (Å²) in [5.41, 5.74) is 7.95. The number of nitrogens with zero attached hydrogens (tertiary/aromatic N) is 2. The van der Waals surface area contributed by atoms with Gasteiger partial charge in [0.2, 0.25) is 0 Å². The smallest absolute Gasteiger partial charge is 0.106 e. The number of hydrogen-bond acceptors (Lipinski definition) is 6. The Labute approximate surface area is 189 Å². The molecule has 1 saturated heterocycles. The first-order valence-electron chi connectivity index (χ1n) is 10.8. The molecule has 170 valence electrons. The van der Waals surface area contributed by atoms with Gasteiger partial charge in [0.05, 0.1) is 10.9 Å². The predicted octanol–water partition coefficient (Wildman–Crippen LogP) is 4.58. The van der Waals surface area contributed by atoms with E-state index in [1.807, 2.05) is 12.3 Å². The Kier molecular flexibility index (Phi) is 7.40. The number of hydrogen-bond donors (Lipinski definition) is 2. The molecular weight excluding hydrogens is 423 g/mol. The van der Waals surface area contributed by atoms with E-state index in [1.165, 1.54) is 0 Å². The van der Waals surface area contributed by atoms with Crippen LogP contribution in [0.3, 0.4) is 0 Å². The second-order valence-corrected chi connectivity index (χ2v) is 11.6. The van der Waals surface area contributed by atoms with Crippen molar-refractivity contribution >= 4 is 22.9 Å². The summed E-state index contributed by atoms with van der Waals surface area (Å²) in [5, 5.41) is 1.69. The lowest BCUT2D eigenvalue weighted by molar-refractivity contribution is -0.107. The van der Waals surface area contributed by atoms with Crippen molar-refractivity contribution in [2.45, 2.75) is 64.6 Å². The maximum atomic E-state index is 14.1. The highest BCUT2D eigenvalue weighted by Gasteiger charge is 2.46. The second kappa shape index (κ2) is 9.33. The van der Waals surface area contributed by atoms with Crippen LogP contribution in [-0.2, 0) is 10.3 Å². The van der Waals surface area contributed by atoms with Crippen LogP contribution in [0.15, 0.2) is 18.0 Å². The molecule has 3 rings (SSSR count). The number of thiophene rings is 1. The Bertz CT molecular complexity index is 753. The summed E-state index contributed by atoms with van der Waals surface area (Å²) in [5.74, 6) is 5.86. The average molecular weight is 459 g/mol. The minimum Gasteiger partial charge on any atom is -0.400 e. The highest BCUT2D eigenvalue weighted by molar-refractivity contribution is 7.16. The van der Waals surface area contributed by atoms with Gasteiger partial charge in [0.15, 0.2) is 0 Å². The molecule has 4 N–H and O–H groups in total. The molecule has 2 unspecified atom stereocenters. The van der Waals surface area contributed by atoms with Gasteiger partial charge < -0.3 is 15.5 Å². The Morgan fingerprint density at radius 3 is 2.73 bits per heavy atom. The van der Waals surface area contributed by atoms with E-state index in [0.717, 1.165) is 55.0 Å². The lowest BCUT2D eigenvalue weighted by Crippen LogP contribution is -2.48. The number of hydrazine groups is 1. The third-order valence-corrected chi connectivity index (χ3v) is 7.62. The largest absolute Gasteiger partial charge is 0.400 e. The fourth-order valence-corrected chi connectivity index (χ4v) is 5.78. The molecule has 30 heavy (non-hydrogen) atoms. The van der Waals surface area contributed by atoms with Crippen molar-refractivity contribution in [2.75, 3.05) is 32.8 Å². The SMILES string of the molecule is CC(F)C1COC2(CCN(C/C(N)=C/N(N)CCC(C)(C)C)CC2)c2sc(Cl)cc21. The molecule has 0 aromatic carbocycles. The summed E-state index contributed by atoms with van der Waals surface area (Å²) >= 11 is 7.86. The van der Waals surface area contributed by atoms with Crippen molar-refractivity contribution in [2.24, 2.45) is 17.0 Å². The van der Waals surface area contributed by atoms with Gasteiger partial charge >= 0.3 is 0 Å². The van der Waals surface area contributed by atoms with E-state index in [2.05, 4.69) is 25.7 Å². The van der Waals surface area contributed by atoms with Crippen molar-refractivity contribution in [1.29, 1.82) is 0 Å². The molecule has 8 heteroatoms. The molecule has 0 saturated carbocycles. The molecule has 2 aliphatic heterocycles. The molecule has 1 aromatic rings. The van der Waals surface area contributed by atoms with Gasteiger partial charge in [-0.3, -0.25) is 4.90 Å². The summed E-state index contributed by atoms with van der Waals surface area (Å²) in [7, 11) is 0. The minimum absolute atomic E-state index is 0.227. The summed E-state index contributed by atoms with van der Waals surface area (Å²) in [6, 6.07) is 1.94. The van der Waals surface area contributed by atoms with Crippen molar-refractivity contribution in [3.8, 4) is 0 Å². The molecule has 3 heterocycles. The van der Waals surface area contributed by atoms with E-state index in [1.54, 1.807) is 23.3 Å². The number of likely N-dealkylation sites (tertiary alicyclic amines) is 1. The highest BCUT2D eigenvalue weighted by atomic mass is 35.5. The van der Waals surface area contributed by atoms with E-state index < -0.39 is 6.17 Å². The summed E-state index contributed by atoms with van der Waals surface area (Å²) in [4.78, 5) is 3.45. The van der Waals surface area contributed by atoms with E-state index in [4.69, 9.17) is 27.9 Å². The molecule has 0 bridgehead atoms. The maximum Gasteiger partial charge on any atom is 0.106 e. The van der Waals surface area contributed by atoms with E-state index >= 15 is 0 Å². The van der Waals surface area contributed by atoms with Crippen LogP contribution in [0.5, 0.6) is 0 Å². The number of ether oxygens (including phenoxy) is 1. The highest BCUT2D eigenvalue weighted by Crippen LogP contribution is 2.50. The van der Waals surface area contributed by atoms with Crippen molar-refractivity contribution in [3.05, 3.63) is 32.7 Å². The van der Waals surface area contributed by atoms with Crippen LogP contribution in [0, 0.1) is 5.41 Å². The fraction of sp³-hybridized carbons (Fsp3) is 0.727. The number of nitrogens with two attached hydrogens (primary N) is 2. The van der Waals surface area contributed by atoms with Gasteiger partial charge in [-0.05, 0) is 43.2 Å². The van der Waals surface area contributed by atoms with Gasteiger partial charge in [-0.2, -0.15) is 0 Å². The summed E-state index contributed by atoms with van der Waals surface area (Å²) in [6.45, 7) is 11.8. The zero-order valence-electron chi connectivity index (χ0n) is 18.6. The lowest BCUT2D eigenvalue weighted by Gasteiger charge is -2.45. The normalized spacial score (nSPS) is 23.4. The third-order valence-electron chi connectivity index (χ3n) is 6.16. The first kappa shape index (κ1) is 23.8. The van der Waals surface area contributed by atoms with Crippen molar-refractivity contribution < 1.29 is 9.13 Å². The number of piperidine rings is 1. The van der Waals surface area contributed by atoms with Gasteiger partial charge in [0, 0.05) is 48.9 Å². The van der Waals surface area contributed by atoms with E-state index in [-0.39, 0.29) is 16.9 Å². The van der Waals surface area contributed by atoms with Crippen LogP contribution in [0.25, 0.3) is 0 Å².